The second-order valence-corrected chi connectivity index (χ2v) is 8.25. The van der Waals surface area contributed by atoms with Crippen LogP contribution in [0.1, 0.15) is 72.1 Å². The van der Waals surface area contributed by atoms with Crippen molar-refractivity contribution in [3.8, 4) is 0 Å². The van der Waals surface area contributed by atoms with Crippen molar-refractivity contribution in [1.82, 2.24) is 0 Å². The summed E-state index contributed by atoms with van der Waals surface area (Å²) in [7, 11) is 0. The third kappa shape index (κ3) is 8.85. The maximum Gasteiger partial charge on any atom is 0.303 e. The van der Waals surface area contributed by atoms with Gasteiger partial charge in [-0.05, 0) is 32.1 Å². The molecule has 0 heterocycles. The zero-order valence-corrected chi connectivity index (χ0v) is 16.9. The average Bonchev–Trinajstić information content (AvgIpc) is 2.82. The molecule has 0 aromatic carbocycles. The lowest BCUT2D eigenvalue weighted by atomic mass is 9.88. The minimum absolute atomic E-state index is 0.0146. The first-order chi connectivity index (χ1) is 12.7. The molecule has 0 radical (unpaired) electrons. The summed E-state index contributed by atoms with van der Waals surface area (Å²) in [5.41, 5.74) is -0.935. The topological polar surface area (TPSA) is 94.8 Å². The first-order valence-electron chi connectivity index (χ1n) is 10.2. The van der Waals surface area contributed by atoms with Crippen LogP contribution in [-0.4, -0.2) is 38.8 Å². The van der Waals surface area contributed by atoms with Gasteiger partial charge in [0.2, 0.25) is 0 Å². The number of carbonyl (C=O) groups excluding carboxylic acids is 1. The van der Waals surface area contributed by atoms with Gasteiger partial charge in [-0.25, -0.2) is 0 Å². The SMILES string of the molecule is CCCCC[C@](C)(O)/C=C/[C@H]1C(=O)C[C@H](O)[C@@H]1C/C=C\CC(C)CC(=O)O. The summed E-state index contributed by atoms with van der Waals surface area (Å²) in [4.78, 5) is 22.9. The molecular formula is C22H36O5. The largest absolute Gasteiger partial charge is 0.481 e. The number of carboxylic acids is 1. The van der Waals surface area contributed by atoms with Crippen LogP contribution in [0.25, 0.3) is 0 Å². The van der Waals surface area contributed by atoms with E-state index in [2.05, 4.69) is 6.92 Å². The zero-order chi connectivity index (χ0) is 20.4. The molecule has 5 heteroatoms. The highest BCUT2D eigenvalue weighted by Gasteiger charge is 2.39. The second kappa shape index (κ2) is 11.4. The number of carboxylic acid groups (broad SMARTS) is 1. The number of aliphatic hydroxyl groups excluding tert-OH is 1. The molecule has 0 aliphatic heterocycles. The Labute approximate surface area is 163 Å². The van der Waals surface area contributed by atoms with E-state index in [1.165, 1.54) is 0 Å². The van der Waals surface area contributed by atoms with Crippen LogP contribution in [0.4, 0.5) is 0 Å². The molecule has 1 rings (SSSR count). The molecular weight excluding hydrogens is 344 g/mol. The second-order valence-electron chi connectivity index (χ2n) is 8.25. The monoisotopic (exact) mass is 380 g/mol. The molecule has 1 fully saturated rings. The van der Waals surface area contributed by atoms with Crippen molar-refractivity contribution in [2.24, 2.45) is 17.8 Å². The van der Waals surface area contributed by atoms with Gasteiger partial charge in [-0.15, -0.1) is 0 Å². The van der Waals surface area contributed by atoms with E-state index in [0.29, 0.717) is 19.3 Å². The quantitative estimate of drug-likeness (QED) is 0.353. The summed E-state index contributed by atoms with van der Waals surface area (Å²) in [6, 6.07) is 0. The van der Waals surface area contributed by atoms with Crippen LogP contribution in [0, 0.1) is 17.8 Å². The fourth-order valence-electron chi connectivity index (χ4n) is 3.62. The summed E-state index contributed by atoms with van der Waals surface area (Å²) < 4.78 is 0. The highest BCUT2D eigenvalue weighted by Crippen LogP contribution is 2.34. The molecule has 0 bridgehead atoms. The van der Waals surface area contributed by atoms with Crippen molar-refractivity contribution in [3.05, 3.63) is 24.3 Å². The lowest BCUT2D eigenvalue weighted by Gasteiger charge is -2.21. The summed E-state index contributed by atoms with van der Waals surface area (Å²) in [5.74, 6) is -1.29. The molecule has 0 spiro atoms. The fraction of sp³-hybridized carbons (Fsp3) is 0.727. The predicted octanol–water partition coefficient (Wildman–Crippen LogP) is 3.89. The van der Waals surface area contributed by atoms with Gasteiger partial charge in [-0.3, -0.25) is 9.59 Å². The maximum absolute atomic E-state index is 12.3. The van der Waals surface area contributed by atoms with Crippen LogP contribution in [0.2, 0.25) is 0 Å². The van der Waals surface area contributed by atoms with Gasteiger partial charge in [0.15, 0.2) is 0 Å². The molecule has 3 N–H and O–H groups in total. The Hall–Kier alpha value is -1.46. The molecule has 1 aliphatic carbocycles. The van der Waals surface area contributed by atoms with Gasteiger partial charge in [-0.1, -0.05) is 57.4 Å². The van der Waals surface area contributed by atoms with Gasteiger partial charge in [-0.2, -0.15) is 0 Å². The van der Waals surface area contributed by atoms with Crippen molar-refractivity contribution in [2.45, 2.75) is 83.8 Å². The van der Waals surface area contributed by atoms with Gasteiger partial charge in [0.05, 0.1) is 11.7 Å². The molecule has 1 unspecified atom stereocenters. The van der Waals surface area contributed by atoms with E-state index in [4.69, 9.17) is 5.11 Å². The van der Waals surface area contributed by atoms with E-state index >= 15 is 0 Å². The van der Waals surface area contributed by atoms with Crippen molar-refractivity contribution >= 4 is 11.8 Å². The number of Topliss-reactive ketones (excluding diaryl/α,β-unsaturated/α-hetero) is 1. The molecule has 154 valence electrons. The van der Waals surface area contributed by atoms with E-state index in [9.17, 15) is 19.8 Å². The molecule has 27 heavy (non-hydrogen) atoms. The normalized spacial score (nSPS) is 26.7. The van der Waals surface area contributed by atoms with Crippen LogP contribution < -0.4 is 0 Å². The van der Waals surface area contributed by atoms with Crippen LogP contribution >= 0.6 is 0 Å². The molecule has 0 saturated heterocycles. The first-order valence-corrected chi connectivity index (χ1v) is 10.2. The third-order valence-electron chi connectivity index (χ3n) is 5.32. The minimum Gasteiger partial charge on any atom is -0.481 e. The number of rotatable bonds is 12. The fourth-order valence-corrected chi connectivity index (χ4v) is 3.62. The van der Waals surface area contributed by atoms with Crippen LogP contribution in [0.5, 0.6) is 0 Å². The number of hydrogen-bond acceptors (Lipinski definition) is 4. The van der Waals surface area contributed by atoms with Crippen LogP contribution in [-0.2, 0) is 9.59 Å². The van der Waals surface area contributed by atoms with E-state index < -0.39 is 17.7 Å². The minimum atomic E-state index is -0.935. The molecule has 0 aromatic rings. The van der Waals surface area contributed by atoms with Gasteiger partial charge < -0.3 is 15.3 Å². The summed E-state index contributed by atoms with van der Waals surface area (Å²) >= 11 is 0. The number of aliphatic carboxylic acids is 1. The summed E-state index contributed by atoms with van der Waals surface area (Å²) in [6.45, 7) is 5.76. The van der Waals surface area contributed by atoms with Crippen molar-refractivity contribution in [1.29, 1.82) is 0 Å². The highest BCUT2D eigenvalue weighted by molar-refractivity contribution is 5.86. The van der Waals surface area contributed by atoms with Crippen molar-refractivity contribution < 1.29 is 24.9 Å². The lowest BCUT2D eigenvalue weighted by molar-refractivity contribution is -0.137. The number of unbranched alkanes of at least 4 members (excludes halogenated alkanes) is 2. The molecule has 1 saturated carbocycles. The third-order valence-corrected chi connectivity index (χ3v) is 5.32. The highest BCUT2D eigenvalue weighted by atomic mass is 16.4. The number of hydrogen-bond donors (Lipinski definition) is 3. The Kier molecular flexibility index (Phi) is 9.95. The molecule has 5 atom stereocenters. The Bertz CT molecular complexity index is 535. The van der Waals surface area contributed by atoms with Crippen LogP contribution in [0.3, 0.4) is 0 Å². The Morgan fingerprint density at radius 2 is 2.04 bits per heavy atom. The maximum atomic E-state index is 12.3. The van der Waals surface area contributed by atoms with E-state index in [1.807, 2.05) is 19.1 Å². The predicted molar refractivity (Wildman–Crippen MR) is 106 cm³/mol. The number of allylic oxidation sites excluding steroid dienone is 3. The average molecular weight is 381 g/mol. The Balaban J connectivity index is 2.62. The van der Waals surface area contributed by atoms with Gasteiger partial charge in [0.25, 0.3) is 0 Å². The van der Waals surface area contributed by atoms with Gasteiger partial charge >= 0.3 is 5.97 Å². The van der Waals surface area contributed by atoms with Gasteiger partial charge in [0, 0.05) is 24.7 Å². The Morgan fingerprint density at radius 1 is 1.33 bits per heavy atom. The molecule has 5 nitrogen and oxygen atoms in total. The van der Waals surface area contributed by atoms with Crippen LogP contribution in [0.15, 0.2) is 24.3 Å². The van der Waals surface area contributed by atoms with E-state index in [1.54, 1.807) is 19.1 Å². The summed E-state index contributed by atoms with van der Waals surface area (Å²) in [6.07, 6.45) is 12.0. The van der Waals surface area contributed by atoms with Crippen molar-refractivity contribution in [2.75, 3.05) is 0 Å². The molecule has 0 amide bonds. The van der Waals surface area contributed by atoms with Gasteiger partial charge in [0.1, 0.15) is 5.78 Å². The number of carbonyl (C=O) groups is 2. The number of ketones is 1. The summed E-state index contributed by atoms with van der Waals surface area (Å²) in [5, 5.41) is 29.5. The molecule has 0 aromatic heterocycles. The zero-order valence-electron chi connectivity index (χ0n) is 16.9. The molecule has 1 aliphatic rings. The van der Waals surface area contributed by atoms with E-state index in [-0.39, 0.29) is 36.4 Å². The number of aliphatic hydroxyl groups is 2. The smallest absolute Gasteiger partial charge is 0.303 e. The van der Waals surface area contributed by atoms with Crippen molar-refractivity contribution in [3.63, 3.8) is 0 Å². The lowest BCUT2D eigenvalue weighted by Crippen LogP contribution is -2.23. The van der Waals surface area contributed by atoms with E-state index in [0.717, 1.165) is 19.3 Å². The standard InChI is InChI=1S/C22H36O5/c1-4-5-8-12-22(3,27)13-11-18-17(19(23)15-20(18)24)10-7-6-9-16(2)14-21(25)26/h6-7,11,13,16-19,23,27H,4-5,8-10,12,14-15H2,1-3H3,(H,25,26)/b7-6-,13-11+/t16?,17-,18-,19+,22+/m1/s1. The Morgan fingerprint density at radius 3 is 2.67 bits per heavy atom. The first kappa shape index (κ1) is 23.6.